The van der Waals surface area contributed by atoms with Crippen molar-refractivity contribution in [3.05, 3.63) is 66.2 Å². The number of ether oxygens (including phenoxy) is 2. The van der Waals surface area contributed by atoms with E-state index in [9.17, 15) is 9.59 Å². The fraction of sp³-hybridized carbons (Fsp3) is 0.273. The first-order valence-corrected chi connectivity index (χ1v) is 10.5. The van der Waals surface area contributed by atoms with Crippen molar-refractivity contribution in [2.75, 3.05) is 24.8 Å². The average molecular weight is 432 g/mol. The summed E-state index contributed by atoms with van der Waals surface area (Å²) in [6.45, 7) is 1.77. The van der Waals surface area contributed by atoms with Crippen LogP contribution in [0.5, 0.6) is 5.75 Å². The molecule has 1 amide bonds. The number of carboxylic acid groups (broad SMARTS) is 1. The molecule has 8 heteroatoms. The van der Waals surface area contributed by atoms with Crippen LogP contribution in [0.2, 0.25) is 0 Å². The van der Waals surface area contributed by atoms with E-state index in [1.807, 2.05) is 18.4 Å². The maximum absolute atomic E-state index is 12.5. The monoisotopic (exact) mass is 431 g/mol. The highest BCUT2D eigenvalue weighted by atomic mass is 32.2. The van der Waals surface area contributed by atoms with Gasteiger partial charge in [-0.2, -0.15) is 0 Å². The lowest BCUT2D eigenvalue weighted by atomic mass is 9.96. The van der Waals surface area contributed by atoms with Crippen LogP contribution in [-0.4, -0.2) is 41.7 Å². The molecule has 3 N–H and O–H groups in total. The number of thioether (sulfide) groups is 1. The number of carbonyl (C=O) groups excluding carboxylic acids is 1. The van der Waals surface area contributed by atoms with E-state index in [-0.39, 0.29) is 13.2 Å². The topological polar surface area (TPSA) is 105 Å². The van der Waals surface area contributed by atoms with E-state index in [1.54, 1.807) is 55.1 Å². The molecule has 160 valence electrons. The molecule has 2 rings (SSSR count). The van der Waals surface area contributed by atoms with Gasteiger partial charge in [0.15, 0.2) is 0 Å². The summed E-state index contributed by atoms with van der Waals surface area (Å²) in [6.07, 6.45) is 3.05. The number of carboxylic acids is 1. The van der Waals surface area contributed by atoms with Crippen LogP contribution < -0.4 is 10.1 Å². The summed E-state index contributed by atoms with van der Waals surface area (Å²) < 4.78 is 11.1. The molecule has 0 bridgehead atoms. The van der Waals surface area contributed by atoms with Gasteiger partial charge in [0.25, 0.3) is 0 Å². The van der Waals surface area contributed by atoms with Gasteiger partial charge in [-0.3, -0.25) is 5.32 Å². The average Bonchev–Trinajstić information content (AvgIpc) is 2.75. The summed E-state index contributed by atoms with van der Waals surface area (Å²) in [7, 11) is 0. The number of anilines is 1. The van der Waals surface area contributed by atoms with E-state index in [0.717, 1.165) is 11.0 Å². The second-order valence-electron chi connectivity index (χ2n) is 6.38. The van der Waals surface area contributed by atoms with Gasteiger partial charge in [0, 0.05) is 22.6 Å². The number of carbonyl (C=O) groups is 2. The molecule has 0 heterocycles. The first kappa shape index (κ1) is 23.3. The van der Waals surface area contributed by atoms with Crippen molar-refractivity contribution in [1.82, 2.24) is 0 Å². The van der Waals surface area contributed by atoms with Crippen molar-refractivity contribution in [1.29, 1.82) is 0 Å². The van der Waals surface area contributed by atoms with Crippen LogP contribution in [0.1, 0.15) is 18.6 Å². The lowest BCUT2D eigenvalue weighted by molar-refractivity contribution is -0.131. The highest BCUT2D eigenvalue weighted by Crippen LogP contribution is 2.30. The van der Waals surface area contributed by atoms with Gasteiger partial charge in [-0.15, -0.1) is 11.8 Å². The predicted molar refractivity (Wildman–Crippen MR) is 116 cm³/mol. The minimum atomic E-state index is -1.08. The summed E-state index contributed by atoms with van der Waals surface area (Å²) in [6, 6.07) is 14.3. The van der Waals surface area contributed by atoms with E-state index in [2.05, 4.69) is 5.32 Å². The Balaban J connectivity index is 2.20. The number of rotatable bonds is 10. The molecule has 0 saturated carbocycles. The number of hydrogen-bond donors (Lipinski definition) is 3. The first-order chi connectivity index (χ1) is 14.4. The van der Waals surface area contributed by atoms with Crippen molar-refractivity contribution in [3.63, 3.8) is 0 Å². The summed E-state index contributed by atoms with van der Waals surface area (Å²) >= 11 is 1.60. The second-order valence-corrected chi connectivity index (χ2v) is 7.26. The third-order valence-electron chi connectivity index (χ3n) is 4.14. The zero-order valence-electron chi connectivity index (χ0n) is 16.8. The normalized spacial score (nSPS) is 12.9. The molecule has 0 aliphatic carbocycles. The smallest absolute Gasteiger partial charge is 0.412 e. The van der Waals surface area contributed by atoms with E-state index in [0.29, 0.717) is 17.0 Å². The third kappa shape index (κ3) is 7.46. The highest BCUT2D eigenvalue weighted by Gasteiger charge is 2.23. The maximum atomic E-state index is 12.5. The molecular formula is C22H25NO6S. The zero-order chi connectivity index (χ0) is 21.9. The summed E-state index contributed by atoms with van der Waals surface area (Å²) in [5.74, 6) is -0.990. The van der Waals surface area contributed by atoms with E-state index in [1.165, 1.54) is 6.08 Å². The van der Waals surface area contributed by atoms with Crippen LogP contribution in [0.4, 0.5) is 10.5 Å². The summed E-state index contributed by atoms with van der Waals surface area (Å²) in [5, 5.41) is 20.5. The molecule has 2 aromatic rings. The van der Waals surface area contributed by atoms with Gasteiger partial charge in [-0.1, -0.05) is 25.1 Å². The Morgan fingerprint density at radius 2 is 1.93 bits per heavy atom. The van der Waals surface area contributed by atoms with Gasteiger partial charge in [-0.05, 0) is 48.2 Å². The SMILES string of the molecule is CSc1ccc(NC(=O)O[C@@H](c2cccc(OCCO)c2)[C@@H](C)/C=C/C(=O)O)cc1. The number of hydrogen-bond acceptors (Lipinski definition) is 6. The van der Waals surface area contributed by atoms with Crippen molar-refractivity contribution in [2.45, 2.75) is 17.9 Å². The highest BCUT2D eigenvalue weighted by molar-refractivity contribution is 7.98. The van der Waals surface area contributed by atoms with Gasteiger partial charge in [0.1, 0.15) is 18.5 Å². The molecule has 0 unspecified atom stereocenters. The molecule has 0 radical (unpaired) electrons. The van der Waals surface area contributed by atoms with Crippen LogP contribution in [0.3, 0.4) is 0 Å². The molecule has 2 aromatic carbocycles. The summed E-state index contributed by atoms with van der Waals surface area (Å²) in [5.41, 5.74) is 1.23. The lowest BCUT2D eigenvalue weighted by Crippen LogP contribution is -2.21. The van der Waals surface area contributed by atoms with Crippen LogP contribution in [-0.2, 0) is 9.53 Å². The molecule has 0 spiro atoms. The van der Waals surface area contributed by atoms with Gasteiger partial charge >= 0.3 is 12.1 Å². The van der Waals surface area contributed by atoms with E-state index < -0.39 is 24.1 Å². The quantitative estimate of drug-likeness (QED) is 0.379. The van der Waals surface area contributed by atoms with E-state index in [4.69, 9.17) is 19.7 Å². The Kier molecular flexibility index (Phi) is 9.24. The molecule has 0 aliphatic heterocycles. The van der Waals surface area contributed by atoms with Crippen LogP contribution >= 0.6 is 11.8 Å². The minimum absolute atomic E-state index is 0.125. The molecule has 7 nitrogen and oxygen atoms in total. The standard InChI is InChI=1S/C22H25NO6S/c1-15(6-11-20(25)26)21(16-4-3-5-18(14-16)28-13-12-24)29-22(27)23-17-7-9-19(30-2)10-8-17/h3-11,14-15,21,24H,12-13H2,1-2H3,(H,23,27)(H,25,26)/b11-6+/t15-,21+/m0/s1. The molecule has 0 fully saturated rings. The molecule has 2 atom stereocenters. The fourth-order valence-corrected chi connectivity index (χ4v) is 3.10. The van der Waals surface area contributed by atoms with Crippen LogP contribution in [0, 0.1) is 5.92 Å². The molecule has 0 aliphatic rings. The maximum Gasteiger partial charge on any atom is 0.412 e. The molecular weight excluding hydrogens is 406 g/mol. The van der Waals surface area contributed by atoms with Gasteiger partial charge in [0.2, 0.25) is 0 Å². The van der Waals surface area contributed by atoms with Crippen molar-refractivity contribution < 1.29 is 29.3 Å². The van der Waals surface area contributed by atoms with Crippen molar-refractivity contribution in [3.8, 4) is 5.75 Å². The number of aliphatic carboxylic acids is 1. The minimum Gasteiger partial charge on any atom is -0.491 e. The number of nitrogens with one attached hydrogen (secondary N) is 1. The number of amides is 1. The predicted octanol–water partition coefficient (Wildman–Crippen LogP) is 4.35. The Hall–Kier alpha value is -2.97. The Morgan fingerprint density at radius 3 is 2.57 bits per heavy atom. The molecule has 30 heavy (non-hydrogen) atoms. The first-order valence-electron chi connectivity index (χ1n) is 9.29. The van der Waals surface area contributed by atoms with E-state index >= 15 is 0 Å². The lowest BCUT2D eigenvalue weighted by Gasteiger charge is -2.23. The Labute approximate surface area is 179 Å². The largest absolute Gasteiger partial charge is 0.491 e. The number of aliphatic hydroxyl groups is 1. The van der Waals surface area contributed by atoms with Crippen LogP contribution in [0.25, 0.3) is 0 Å². The van der Waals surface area contributed by atoms with Crippen molar-refractivity contribution >= 4 is 29.5 Å². The Bertz CT molecular complexity index is 868. The number of aliphatic hydroxyl groups excluding tert-OH is 1. The van der Waals surface area contributed by atoms with Gasteiger partial charge < -0.3 is 19.7 Å². The Morgan fingerprint density at radius 1 is 1.20 bits per heavy atom. The number of benzene rings is 2. The van der Waals surface area contributed by atoms with Gasteiger partial charge in [-0.25, -0.2) is 9.59 Å². The second kappa shape index (κ2) is 11.9. The van der Waals surface area contributed by atoms with Gasteiger partial charge in [0.05, 0.1) is 6.61 Å². The van der Waals surface area contributed by atoms with Crippen LogP contribution in [0.15, 0.2) is 65.6 Å². The molecule has 0 aromatic heterocycles. The fourth-order valence-electron chi connectivity index (χ4n) is 2.70. The zero-order valence-corrected chi connectivity index (χ0v) is 17.6. The molecule has 0 saturated heterocycles. The van der Waals surface area contributed by atoms with Crippen molar-refractivity contribution in [2.24, 2.45) is 5.92 Å². The third-order valence-corrected chi connectivity index (χ3v) is 4.88. The summed E-state index contributed by atoms with van der Waals surface area (Å²) in [4.78, 5) is 24.5.